The third kappa shape index (κ3) is 4.32. The van der Waals surface area contributed by atoms with Crippen LogP contribution in [-0.4, -0.2) is 60.4 Å². The average Bonchev–Trinajstić information content (AvgIpc) is 3.22. The number of para-hydroxylation sites is 1. The summed E-state index contributed by atoms with van der Waals surface area (Å²) in [5.74, 6) is -0.912. The molecule has 2 aromatic rings. The molecular weight excluding hydrogens is 368 g/mol. The Kier molecular flexibility index (Phi) is 5.55. The summed E-state index contributed by atoms with van der Waals surface area (Å²) in [5, 5.41) is 0.883. The summed E-state index contributed by atoms with van der Waals surface area (Å²) in [6.45, 7) is 3.41. The van der Waals surface area contributed by atoms with Crippen LogP contribution in [0.1, 0.15) is 37.2 Å². The number of benzene rings is 1. The molecule has 0 bridgehead atoms. The van der Waals surface area contributed by atoms with Gasteiger partial charge >= 0.3 is 5.97 Å². The van der Waals surface area contributed by atoms with Gasteiger partial charge in [-0.3, -0.25) is 4.79 Å². The zero-order chi connectivity index (χ0) is 19.6. The van der Waals surface area contributed by atoms with Crippen molar-refractivity contribution in [3.05, 3.63) is 36.0 Å². The van der Waals surface area contributed by atoms with Crippen LogP contribution in [0.4, 0.5) is 0 Å². The molecule has 2 heterocycles. The van der Waals surface area contributed by atoms with E-state index in [0.717, 1.165) is 10.9 Å². The van der Waals surface area contributed by atoms with Crippen molar-refractivity contribution in [2.75, 3.05) is 18.1 Å². The smallest absolute Gasteiger partial charge is 0.355 e. The third-order valence-corrected chi connectivity index (χ3v) is 6.78. The molecule has 1 amide bonds. The fourth-order valence-corrected chi connectivity index (χ4v) is 5.18. The van der Waals surface area contributed by atoms with Crippen LogP contribution in [0.3, 0.4) is 0 Å². The van der Waals surface area contributed by atoms with Crippen molar-refractivity contribution in [2.45, 2.75) is 38.8 Å². The first-order valence-corrected chi connectivity index (χ1v) is 10.9. The summed E-state index contributed by atoms with van der Waals surface area (Å²) in [5.41, 5.74) is 1.09. The fourth-order valence-electron chi connectivity index (χ4n) is 3.46. The normalized spacial score (nSPS) is 19.7. The number of sulfone groups is 1. The standard InChI is InChI=1S/C19H24N2O5S/c1-3-13(2)21(15-8-9-27(24,25)12-15)18(22)11-26-19(23)17-10-14-6-4-5-7-16(14)20-17/h4-7,10,13,15,20H,3,8-9,11-12H2,1-2H3/t13-,15+/m0/s1. The molecule has 8 heteroatoms. The number of hydrogen-bond donors (Lipinski definition) is 1. The molecule has 146 valence electrons. The predicted molar refractivity (Wildman–Crippen MR) is 102 cm³/mol. The zero-order valence-electron chi connectivity index (χ0n) is 15.5. The second kappa shape index (κ2) is 7.72. The van der Waals surface area contributed by atoms with Gasteiger partial charge in [-0.05, 0) is 31.9 Å². The Morgan fingerprint density at radius 2 is 2.07 bits per heavy atom. The Hall–Kier alpha value is -2.35. The minimum atomic E-state index is -3.11. The van der Waals surface area contributed by atoms with Crippen molar-refractivity contribution < 1.29 is 22.7 Å². The maximum atomic E-state index is 12.7. The number of fused-ring (bicyclic) bond motifs is 1. The summed E-state index contributed by atoms with van der Waals surface area (Å²) >= 11 is 0. The molecule has 0 radical (unpaired) electrons. The van der Waals surface area contributed by atoms with Crippen LogP contribution in [0.2, 0.25) is 0 Å². The number of aromatic nitrogens is 1. The van der Waals surface area contributed by atoms with Gasteiger partial charge in [0.05, 0.1) is 11.5 Å². The van der Waals surface area contributed by atoms with Crippen molar-refractivity contribution in [1.82, 2.24) is 9.88 Å². The van der Waals surface area contributed by atoms with Crippen LogP contribution in [-0.2, 0) is 19.4 Å². The SMILES string of the molecule is CC[C@H](C)N(C(=O)COC(=O)c1cc2ccccc2[nH]1)[C@@H]1CCS(=O)(=O)C1. The maximum absolute atomic E-state index is 12.7. The lowest BCUT2D eigenvalue weighted by atomic mass is 10.1. The van der Waals surface area contributed by atoms with E-state index in [0.29, 0.717) is 12.8 Å². The molecule has 1 aromatic heterocycles. The second-order valence-electron chi connectivity index (χ2n) is 6.96. The predicted octanol–water partition coefficient (Wildman–Crippen LogP) is 2.14. The summed E-state index contributed by atoms with van der Waals surface area (Å²) in [6.07, 6.45) is 1.12. The fraction of sp³-hybridized carbons (Fsp3) is 0.474. The number of hydrogen-bond acceptors (Lipinski definition) is 5. The lowest BCUT2D eigenvalue weighted by Crippen LogP contribution is -2.48. The topological polar surface area (TPSA) is 96.5 Å². The molecule has 0 spiro atoms. The van der Waals surface area contributed by atoms with E-state index < -0.39 is 22.4 Å². The summed E-state index contributed by atoms with van der Waals surface area (Å²) in [6, 6.07) is 8.65. The number of carbonyl (C=O) groups excluding carboxylic acids is 2. The Labute approximate surface area is 158 Å². The largest absolute Gasteiger partial charge is 0.451 e. The number of nitrogens with zero attached hydrogens (tertiary/aromatic N) is 1. The molecule has 1 aliphatic rings. The highest BCUT2D eigenvalue weighted by Gasteiger charge is 2.36. The molecule has 1 saturated heterocycles. The third-order valence-electron chi connectivity index (χ3n) is 5.03. The van der Waals surface area contributed by atoms with E-state index in [1.807, 2.05) is 38.1 Å². The van der Waals surface area contributed by atoms with Gasteiger partial charge < -0.3 is 14.6 Å². The number of carbonyl (C=O) groups is 2. The van der Waals surface area contributed by atoms with Gasteiger partial charge in [0.2, 0.25) is 0 Å². The van der Waals surface area contributed by atoms with Gasteiger partial charge in [-0.15, -0.1) is 0 Å². The zero-order valence-corrected chi connectivity index (χ0v) is 16.3. The molecule has 27 heavy (non-hydrogen) atoms. The van der Waals surface area contributed by atoms with Crippen molar-refractivity contribution in [2.24, 2.45) is 0 Å². The Morgan fingerprint density at radius 1 is 1.33 bits per heavy atom. The van der Waals surface area contributed by atoms with Gasteiger partial charge in [0.25, 0.3) is 5.91 Å². The highest BCUT2D eigenvalue weighted by molar-refractivity contribution is 7.91. The molecule has 1 aromatic carbocycles. The van der Waals surface area contributed by atoms with Crippen LogP contribution in [0, 0.1) is 0 Å². The first kappa shape index (κ1) is 19.4. The van der Waals surface area contributed by atoms with Crippen molar-refractivity contribution in [1.29, 1.82) is 0 Å². The molecule has 1 fully saturated rings. The van der Waals surface area contributed by atoms with E-state index in [1.54, 1.807) is 11.0 Å². The number of aromatic amines is 1. The van der Waals surface area contributed by atoms with Crippen molar-refractivity contribution in [3.8, 4) is 0 Å². The van der Waals surface area contributed by atoms with Gasteiger partial charge in [-0.25, -0.2) is 13.2 Å². The Morgan fingerprint density at radius 3 is 2.70 bits per heavy atom. The second-order valence-corrected chi connectivity index (χ2v) is 9.19. The number of ether oxygens (including phenoxy) is 1. The lowest BCUT2D eigenvalue weighted by molar-refractivity contribution is -0.138. The highest BCUT2D eigenvalue weighted by atomic mass is 32.2. The summed E-state index contributed by atoms with van der Waals surface area (Å²) in [7, 11) is -3.11. The van der Waals surface area contributed by atoms with Gasteiger partial charge in [0, 0.05) is 23.0 Å². The van der Waals surface area contributed by atoms with Crippen LogP contribution in [0.15, 0.2) is 30.3 Å². The molecule has 3 rings (SSSR count). The van der Waals surface area contributed by atoms with E-state index in [1.165, 1.54) is 0 Å². The Balaban J connectivity index is 1.67. The summed E-state index contributed by atoms with van der Waals surface area (Å²) in [4.78, 5) is 29.5. The van der Waals surface area contributed by atoms with E-state index in [4.69, 9.17) is 4.74 Å². The van der Waals surface area contributed by atoms with Crippen LogP contribution < -0.4 is 0 Å². The molecule has 7 nitrogen and oxygen atoms in total. The molecular formula is C19H24N2O5S. The van der Waals surface area contributed by atoms with Crippen molar-refractivity contribution in [3.63, 3.8) is 0 Å². The molecule has 2 atom stereocenters. The number of nitrogens with one attached hydrogen (secondary N) is 1. The molecule has 1 aliphatic heterocycles. The maximum Gasteiger partial charge on any atom is 0.355 e. The minimum absolute atomic E-state index is 0.0287. The first-order chi connectivity index (χ1) is 12.8. The van der Waals surface area contributed by atoms with Crippen LogP contribution >= 0.6 is 0 Å². The van der Waals surface area contributed by atoms with E-state index in [-0.39, 0.29) is 35.2 Å². The Bertz CT molecular complexity index is 917. The molecule has 0 aliphatic carbocycles. The van der Waals surface area contributed by atoms with Gasteiger partial charge in [0.1, 0.15) is 5.69 Å². The van der Waals surface area contributed by atoms with E-state index >= 15 is 0 Å². The number of amides is 1. The van der Waals surface area contributed by atoms with E-state index in [9.17, 15) is 18.0 Å². The quantitative estimate of drug-likeness (QED) is 0.760. The average molecular weight is 392 g/mol. The minimum Gasteiger partial charge on any atom is -0.451 e. The van der Waals surface area contributed by atoms with Crippen LogP contribution in [0.5, 0.6) is 0 Å². The van der Waals surface area contributed by atoms with Crippen molar-refractivity contribution >= 4 is 32.6 Å². The van der Waals surface area contributed by atoms with Gasteiger partial charge in [0.15, 0.2) is 16.4 Å². The molecule has 1 N–H and O–H groups in total. The highest BCUT2D eigenvalue weighted by Crippen LogP contribution is 2.22. The van der Waals surface area contributed by atoms with E-state index in [2.05, 4.69) is 4.98 Å². The van der Waals surface area contributed by atoms with Crippen LogP contribution in [0.25, 0.3) is 10.9 Å². The van der Waals surface area contributed by atoms with Gasteiger partial charge in [-0.1, -0.05) is 25.1 Å². The molecule has 0 unspecified atom stereocenters. The molecule has 0 saturated carbocycles. The lowest BCUT2D eigenvalue weighted by Gasteiger charge is -2.33. The number of rotatable bonds is 6. The monoisotopic (exact) mass is 392 g/mol. The first-order valence-electron chi connectivity index (χ1n) is 9.07. The number of esters is 1. The van der Waals surface area contributed by atoms with Gasteiger partial charge in [-0.2, -0.15) is 0 Å². The summed E-state index contributed by atoms with van der Waals surface area (Å²) < 4.78 is 28.8. The number of H-pyrrole nitrogens is 1.